The number of hydrogen-bond donors (Lipinski definition) is 4. The van der Waals surface area contributed by atoms with E-state index in [1.807, 2.05) is 0 Å². The number of carbonyl (C=O) groups excluding carboxylic acids is 1. The van der Waals surface area contributed by atoms with Crippen molar-refractivity contribution < 1.29 is 4.79 Å². The van der Waals surface area contributed by atoms with E-state index in [9.17, 15) is 4.79 Å². The van der Waals surface area contributed by atoms with Gasteiger partial charge < -0.3 is 11.1 Å². The van der Waals surface area contributed by atoms with Gasteiger partial charge in [0.1, 0.15) is 12.2 Å². The highest BCUT2D eigenvalue weighted by molar-refractivity contribution is 5.97. The summed E-state index contributed by atoms with van der Waals surface area (Å²) >= 11 is 0. The summed E-state index contributed by atoms with van der Waals surface area (Å²) in [5.41, 5.74) is 7.57. The first-order valence-electron chi connectivity index (χ1n) is 6.22. The maximum absolute atomic E-state index is 11.9. The lowest BCUT2D eigenvalue weighted by Crippen LogP contribution is -2.27. The molecule has 3 rings (SSSR count). The number of nitrogens with zero attached hydrogens (tertiary/aromatic N) is 3. The van der Waals surface area contributed by atoms with E-state index in [1.165, 1.54) is 6.33 Å². The third-order valence-electron chi connectivity index (χ3n) is 3.15. The molecular weight excluding hydrogens is 246 g/mol. The van der Waals surface area contributed by atoms with E-state index in [1.54, 1.807) is 0 Å². The van der Waals surface area contributed by atoms with Crippen molar-refractivity contribution in [2.75, 3.05) is 12.3 Å². The molecule has 1 fully saturated rings. The van der Waals surface area contributed by atoms with Gasteiger partial charge >= 0.3 is 0 Å². The van der Waals surface area contributed by atoms with Crippen LogP contribution in [0.1, 0.15) is 40.8 Å². The van der Waals surface area contributed by atoms with Crippen LogP contribution in [0.2, 0.25) is 0 Å². The SMILES string of the molecule is Nc1c(C(=O)NCCc2ncn[nH]2)n[nH]c1C1CC1. The van der Waals surface area contributed by atoms with Crippen molar-refractivity contribution in [1.29, 1.82) is 0 Å². The third kappa shape index (κ3) is 2.42. The summed E-state index contributed by atoms with van der Waals surface area (Å²) in [5, 5.41) is 16.1. The molecule has 8 nitrogen and oxygen atoms in total. The van der Waals surface area contributed by atoms with E-state index in [4.69, 9.17) is 5.73 Å². The van der Waals surface area contributed by atoms with Crippen LogP contribution >= 0.6 is 0 Å². The molecule has 0 spiro atoms. The molecule has 0 saturated heterocycles. The number of anilines is 1. The molecule has 100 valence electrons. The second-order valence-corrected chi connectivity index (χ2v) is 4.61. The molecule has 2 aromatic heterocycles. The molecule has 1 amide bonds. The molecule has 2 aromatic rings. The van der Waals surface area contributed by atoms with E-state index in [0.717, 1.165) is 24.4 Å². The molecule has 1 aliphatic carbocycles. The van der Waals surface area contributed by atoms with Crippen LogP contribution in [-0.2, 0) is 6.42 Å². The number of hydrogen-bond acceptors (Lipinski definition) is 5. The Kier molecular flexibility index (Phi) is 2.90. The predicted molar refractivity (Wildman–Crippen MR) is 67.4 cm³/mol. The standard InChI is InChI=1S/C11H15N7O/c12-8-9(6-1-2-6)17-18-10(8)11(19)13-4-3-7-14-5-15-16-7/h5-6H,1-4,12H2,(H,13,19)(H,17,18)(H,14,15,16). The summed E-state index contributed by atoms with van der Waals surface area (Å²) < 4.78 is 0. The predicted octanol–water partition coefficient (Wildman–Crippen LogP) is -0.0401. The molecule has 5 N–H and O–H groups in total. The zero-order valence-electron chi connectivity index (χ0n) is 10.3. The highest BCUT2D eigenvalue weighted by atomic mass is 16.1. The Morgan fingerprint density at radius 1 is 1.47 bits per heavy atom. The fraction of sp³-hybridized carbons (Fsp3) is 0.455. The number of nitrogens with two attached hydrogens (primary N) is 1. The normalized spacial score (nSPS) is 14.5. The van der Waals surface area contributed by atoms with E-state index in [0.29, 0.717) is 24.6 Å². The zero-order valence-corrected chi connectivity index (χ0v) is 10.3. The monoisotopic (exact) mass is 261 g/mol. The fourth-order valence-electron chi connectivity index (χ4n) is 1.95. The molecule has 2 heterocycles. The van der Waals surface area contributed by atoms with Crippen LogP contribution < -0.4 is 11.1 Å². The van der Waals surface area contributed by atoms with Crippen LogP contribution in [0.15, 0.2) is 6.33 Å². The Balaban J connectivity index is 1.57. The first-order valence-corrected chi connectivity index (χ1v) is 6.22. The van der Waals surface area contributed by atoms with Crippen molar-refractivity contribution in [3.8, 4) is 0 Å². The smallest absolute Gasteiger partial charge is 0.273 e. The summed E-state index contributed by atoms with van der Waals surface area (Å²) in [6.07, 6.45) is 4.24. The highest BCUT2D eigenvalue weighted by Crippen LogP contribution is 2.42. The van der Waals surface area contributed by atoms with Gasteiger partial charge in [0.05, 0.1) is 11.4 Å². The zero-order chi connectivity index (χ0) is 13.2. The van der Waals surface area contributed by atoms with E-state index >= 15 is 0 Å². The molecule has 0 unspecified atom stereocenters. The lowest BCUT2D eigenvalue weighted by atomic mass is 10.2. The van der Waals surface area contributed by atoms with Crippen molar-refractivity contribution in [3.05, 3.63) is 23.5 Å². The average Bonchev–Trinajstić information content (AvgIpc) is 2.96. The van der Waals surface area contributed by atoms with Gasteiger partial charge in [-0.2, -0.15) is 10.2 Å². The van der Waals surface area contributed by atoms with Crippen molar-refractivity contribution in [3.63, 3.8) is 0 Å². The van der Waals surface area contributed by atoms with Gasteiger partial charge in [0.15, 0.2) is 5.69 Å². The van der Waals surface area contributed by atoms with Crippen molar-refractivity contribution >= 4 is 11.6 Å². The maximum atomic E-state index is 11.9. The topological polar surface area (TPSA) is 125 Å². The minimum atomic E-state index is -0.264. The Morgan fingerprint density at radius 3 is 3.00 bits per heavy atom. The van der Waals surface area contributed by atoms with Crippen molar-refractivity contribution in [2.45, 2.75) is 25.2 Å². The van der Waals surface area contributed by atoms with E-state index in [2.05, 4.69) is 30.7 Å². The van der Waals surface area contributed by atoms with Gasteiger partial charge in [-0.15, -0.1) is 0 Å². The summed E-state index contributed by atoms with van der Waals surface area (Å²) in [6, 6.07) is 0. The van der Waals surface area contributed by atoms with Crippen LogP contribution in [0.5, 0.6) is 0 Å². The number of nitrogens with one attached hydrogen (secondary N) is 3. The Morgan fingerprint density at radius 2 is 2.32 bits per heavy atom. The molecule has 0 aliphatic heterocycles. The quantitative estimate of drug-likeness (QED) is 0.601. The largest absolute Gasteiger partial charge is 0.395 e. The first-order chi connectivity index (χ1) is 9.25. The second kappa shape index (κ2) is 4.71. The molecule has 0 aromatic carbocycles. The first kappa shape index (κ1) is 11.7. The minimum absolute atomic E-state index is 0.264. The summed E-state index contributed by atoms with van der Waals surface area (Å²) in [6.45, 7) is 0.457. The van der Waals surface area contributed by atoms with Gasteiger partial charge in [0, 0.05) is 18.9 Å². The lowest BCUT2D eigenvalue weighted by molar-refractivity contribution is 0.0950. The average molecular weight is 261 g/mol. The number of H-pyrrole nitrogens is 2. The Labute approximate surface area is 109 Å². The Bertz CT molecular complexity index is 570. The molecule has 0 bridgehead atoms. The minimum Gasteiger partial charge on any atom is -0.395 e. The Hall–Kier alpha value is -2.38. The van der Waals surface area contributed by atoms with Crippen LogP contribution in [0.25, 0.3) is 0 Å². The van der Waals surface area contributed by atoms with Gasteiger partial charge in [-0.1, -0.05) is 0 Å². The van der Waals surface area contributed by atoms with Crippen LogP contribution in [0, 0.1) is 0 Å². The highest BCUT2D eigenvalue weighted by Gasteiger charge is 2.30. The molecule has 19 heavy (non-hydrogen) atoms. The lowest BCUT2D eigenvalue weighted by Gasteiger charge is -2.02. The molecule has 0 atom stereocenters. The number of nitrogen functional groups attached to an aromatic ring is 1. The van der Waals surface area contributed by atoms with Gasteiger partial charge in [-0.25, -0.2) is 4.98 Å². The summed E-state index contributed by atoms with van der Waals surface area (Å²) in [7, 11) is 0. The van der Waals surface area contributed by atoms with Gasteiger partial charge in [0.2, 0.25) is 0 Å². The molecule has 0 radical (unpaired) electrons. The van der Waals surface area contributed by atoms with Crippen LogP contribution in [0.3, 0.4) is 0 Å². The van der Waals surface area contributed by atoms with E-state index < -0.39 is 0 Å². The van der Waals surface area contributed by atoms with Crippen LogP contribution in [0.4, 0.5) is 5.69 Å². The van der Waals surface area contributed by atoms with E-state index in [-0.39, 0.29) is 11.6 Å². The number of aromatic amines is 2. The second-order valence-electron chi connectivity index (χ2n) is 4.61. The number of carbonyl (C=O) groups is 1. The van der Waals surface area contributed by atoms with Gasteiger partial charge in [-0.3, -0.25) is 15.0 Å². The van der Waals surface area contributed by atoms with Crippen molar-refractivity contribution in [2.24, 2.45) is 0 Å². The van der Waals surface area contributed by atoms with Crippen molar-refractivity contribution in [1.82, 2.24) is 30.7 Å². The number of amides is 1. The molecular formula is C11H15N7O. The maximum Gasteiger partial charge on any atom is 0.273 e. The number of aromatic nitrogens is 5. The fourth-order valence-corrected chi connectivity index (χ4v) is 1.95. The van der Waals surface area contributed by atoms with Crippen LogP contribution in [-0.4, -0.2) is 37.8 Å². The number of rotatable bonds is 5. The van der Waals surface area contributed by atoms with Gasteiger partial charge in [0.25, 0.3) is 5.91 Å². The third-order valence-corrected chi connectivity index (χ3v) is 3.15. The summed E-state index contributed by atoms with van der Waals surface area (Å²) in [4.78, 5) is 15.9. The molecule has 8 heteroatoms. The molecule has 1 aliphatic rings. The van der Waals surface area contributed by atoms with Gasteiger partial charge in [-0.05, 0) is 12.8 Å². The summed E-state index contributed by atoms with van der Waals surface area (Å²) in [5.74, 6) is 0.914. The molecule has 1 saturated carbocycles.